The minimum atomic E-state index is -0.959. The number of carboxylic acid groups (broad SMARTS) is 1. The maximum Gasteiger partial charge on any atom is 0.320 e. The van der Waals surface area contributed by atoms with Gasteiger partial charge in [-0.1, -0.05) is 60.7 Å². The van der Waals surface area contributed by atoms with Crippen molar-refractivity contribution in [2.45, 2.75) is 38.3 Å². The number of hydrogen-bond donors (Lipinski definition) is 3. The molecule has 1 unspecified atom stereocenters. The fraction of sp³-hybridized carbons (Fsp3) is 0.316. The summed E-state index contributed by atoms with van der Waals surface area (Å²) >= 11 is 0. The summed E-state index contributed by atoms with van der Waals surface area (Å²) in [5.74, 6) is -0.959. The second kappa shape index (κ2) is 9.08. The number of benzene rings is 2. The van der Waals surface area contributed by atoms with E-state index in [4.69, 9.17) is 16.6 Å². The van der Waals surface area contributed by atoms with Crippen LogP contribution in [0.3, 0.4) is 0 Å². The summed E-state index contributed by atoms with van der Waals surface area (Å²) in [6.07, 6.45) is 1.32. The molecule has 5 N–H and O–H groups in total. The summed E-state index contributed by atoms with van der Waals surface area (Å²) in [4.78, 5) is 10.4. The van der Waals surface area contributed by atoms with E-state index in [1.54, 1.807) is 0 Å². The van der Waals surface area contributed by atoms with Crippen molar-refractivity contribution in [3.63, 3.8) is 0 Å². The molecule has 0 aromatic heterocycles. The molecule has 0 saturated carbocycles. The molecule has 2 aromatic rings. The van der Waals surface area contributed by atoms with Gasteiger partial charge in [-0.15, -0.1) is 0 Å². The zero-order valence-electron chi connectivity index (χ0n) is 13.8. The molecule has 0 amide bonds. The van der Waals surface area contributed by atoms with Gasteiger partial charge >= 0.3 is 5.97 Å². The van der Waals surface area contributed by atoms with Crippen LogP contribution < -0.4 is 11.5 Å². The second-order valence-corrected chi connectivity index (χ2v) is 6.29. The van der Waals surface area contributed by atoms with Crippen LogP contribution in [0.1, 0.15) is 25.0 Å². The van der Waals surface area contributed by atoms with E-state index in [1.165, 1.54) is 5.56 Å². The molecule has 0 aliphatic rings. The molecule has 0 heterocycles. The highest BCUT2D eigenvalue weighted by molar-refractivity contribution is 5.73. The average molecular weight is 314 g/mol. The Hall–Kier alpha value is -2.17. The predicted octanol–water partition coefficient (Wildman–Crippen LogP) is 2.61. The number of carbonyl (C=O) groups is 1. The van der Waals surface area contributed by atoms with Gasteiger partial charge in [0.2, 0.25) is 0 Å². The lowest BCUT2D eigenvalue weighted by Crippen LogP contribution is -2.34. The molecule has 23 heavy (non-hydrogen) atoms. The fourth-order valence-electron chi connectivity index (χ4n) is 2.08. The Morgan fingerprint density at radius 3 is 1.83 bits per heavy atom. The molecule has 1 atom stereocenters. The average Bonchev–Trinajstić information content (AvgIpc) is 2.48. The first kappa shape index (κ1) is 18.9. The van der Waals surface area contributed by atoms with Crippen LogP contribution in [-0.4, -0.2) is 22.7 Å². The first-order valence-corrected chi connectivity index (χ1v) is 7.63. The molecule has 0 radical (unpaired) electrons. The Balaban J connectivity index is 0.000000231. The highest BCUT2D eigenvalue weighted by Crippen LogP contribution is 2.08. The monoisotopic (exact) mass is 314 g/mol. The van der Waals surface area contributed by atoms with Gasteiger partial charge in [-0.25, -0.2) is 0 Å². The molecule has 0 spiro atoms. The van der Waals surface area contributed by atoms with E-state index in [9.17, 15) is 4.79 Å². The van der Waals surface area contributed by atoms with Gasteiger partial charge < -0.3 is 16.6 Å². The van der Waals surface area contributed by atoms with Gasteiger partial charge in [0.1, 0.15) is 6.04 Å². The van der Waals surface area contributed by atoms with Gasteiger partial charge in [0.15, 0.2) is 0 Å². The molecule has 2 rings (SSSR count). The number of nitrogens with two attached hydrogens (primary N) is 2. The van der Waals surface area contributed by atoms with E-state index < -0.39 is 12.0 Å². The number of rotatable bonds is 5. The molecule has 4 heteroatoms. The lowest BCUT2D eigenvalue weighted by Gasteiger charge is -2.17. The summed E-state index contributed by atoms with van der Waals surface area (Å²) < 4.78 is 0. The van der Waals surface area contributed by atoms with E-state index >= 15 is 0 Å². The first-order chi connectivity index (χ1) is 10.8. The molecule has 4 nitrogen and oxygen atoms in total. The van der Waals surface area contributed by atoms with Crippen LogP contribution in [0, 0.1) is 0 Å². The topological polar surface area (TPSA) is 89.3 Å². The molecule has 0 saturated heterocycles. The Labute approximate surface area is 138 Å². The maximum atomic E-state index is 10.4. The van der Waals surface area contributed by atoms with Crippen molar-refractivity contribution in [3.8, 4) is 0 Å². The molecule has 0 aliphatic carbocycles. The van der Waals surface area contributed by atoms with Gasteiger partial charge in [0.05, 0.1) is 0 Å². The summed E-state index contributed by atoms with van der Waals surface area (Å²) in [5.41, 5.74) is 13.4. The van der Waals surface area contributed by atoms with E-state index in [-0.39, 0.29) is 5.54 Å². The van der Waals surface area contributed by atoms with E-state index in [2.05, 4.69) is 12.1 Å². The summed E-state index contributed by atoms with van der Waals surface area (Å²) in [5, 5.41) is 8.52. The van der Waals surface area contributed by atoms with Gasteiger partial charge in [-0.05, 0) is 37.8 Å². The normalized spacial score (nSPS) is 12.0. The number of aliphatic carboxylic acids is 1. The minimum Gasteiger partial charge on any atom is -0.480 e. The predicted molar refractivity (Wildman–Crippen MR) is 94.2 cm³/mol. The number of hydrogen-bond acceptors (Lipinski definition) is 3. The molecule has 124 valence electrons. The largest absolute Gasteiger partial charge is 0.480 e. The van der Waals surface area contributed by atoms with Crippen LogP contribution in [0.25, 0.3) is 0 Å². The van der Waals surface area contributed by atoms with E-state index in [0.29, 0.717) is 6.42 Å². The third-order valence-electron chi connectivity index (χ3n) is 3.12. The fourth-order valence-corrected chi connectivity index (χ4v) is 2.08. The van der Waals surface area contributed by atoms with Gasteiger partial charge in [0, 0.05) is 5.54 Å². The van der Waals surface area contributed by atoms with Gasteiger partial charge in [-0.3, -0.25) is 4.79 Å². The van der Waals surface area contributed by atoms with Crippen molar-refractivity contribution in [2.75, 3.05) is 0 Å². The van der Waals surface area contributed by atoms with Crippen molar-refractivity contribution >= 4 is 5.97 Å². The summed E-state index contributed by atoms with van der Waals surface area (Å²) in [7, 11) is 0. The summed E-state index contributed by atoms with van der Waals surface area (Å²) in [6.45, 7) is 4.08. The van der Waals surface area contributed by atoms with Crippen LogP contribution in [0.15, 0.2) is 60.7 Å². The minimum absolute atomic E-state index is 0.0959. The Morgan fingerprint density at radius 1 is 1.00 bits per heavy atom. The molecular formula is C19H26N2O2. The zero-order valence-corrected chi connectivity index (χ0v) is 13.8. The molecule has 2 aromatic carbocycles. The van der Waals surface area contributed by atoms with Crippen molar-refractivity contribution in [1.29, 1.82) is 0 Å². The Bertz CT molecular complexity index is 577. The lowest BCUT2D eigenvalue weighted by atomic mass is 9.96. The molecular weight excluding hydrogens is 288 g/mol. The quantitative estimate of drug-likeness (QED) is 0.791. The Kier molecular flexibility index (Phi) is 7.45. The van der Waals surface area contributed by atoms with Crippen molar-refractivity contribution in [2.24, 2.45) is 11.5 Å². The van der Waals surface area contributed by atoms with Crippen LogP contribution in [0.5, 0.6) is 0 Å². The summed E-state index contributed by atoms with van der Waals surface area (Å²) in [6, 6.07) is 18.9. The van der Waals surface area contributed by atoms with Crippen LogP contribution >= 0.6 is 0 Å². The maximum absolute atomic E-state index is 10.4. The van der Waals surface area contributed by atoms with Crippen LogP contribution in [0.2, 0.25) is 0 Å². The lowest BCUT2D eigenvalue weighted by molar-refractivity contribution is -0.138. The van der Waals surface area contributed by atoms with E-state index in [1.807, 2.05) is 62.4 Å². The number of carboxylic acids is 1. The zero-order chi connectivity index (χ0) is 17.3. The molecule has 0 bridgehead atoms. The van der Waals surface area contributed by atoms with E-state index in [0.717, 1.165) is 12.0 Å². The van der Waals surface area contributed by atoms with Gasteiger partial charge in [0.25, 0.3) is 0 Å². The van der Waals surface area contributed by atoms with Crippen LogP contribution in [-0.2, 0) is 17.6 Å². The highest BCUT2D eigenvalue weighted by atomic mass is 16.4. The van der Waals surface area contributed by atoms with Crippen molar-refractivity contribution in [3.05, 3.63) is 71.8 Å². The SMILES string of the molecule is CC(C)(N)Cc1ccccc1.NC(Cc1ccccc1)C(=O)O. The second-order valence-electron chi connectivity index (χ2n) is 6.29. The van der Waals surface area contributed by atoms with Crippen molar-refractivity contribution in [1.82, 2.24) is 0 Å². The highest BCUT2D eigenvalue weighted by Gasteiger charge is 2.11. The Morgan fingerprint density at radius 2 is 1.43 bits per heavy atom. The first-order valence-electron chi connectivity index (χ1n) is 7.63. The third kappa shape index (κ3) is 8.76. The van der Waals surface area contributed by atoms with Crippen molar-refractivity contribution < 1.29 is 9.90 Å². The molecule has 0 fully saturated rings. The third-order valence-corrected chi connectivity index (χ3v) is 3.12. The smallest absolute Gasteiger partial charge is 0.320 e. The molecule has 0 aliphatic heterocycles. The standard InChI is InChI=1S/C10H15N.C9H11NO2/c1-10(2,11)8-9-6-4-3-5-7-9;10-8(9(11)12)6-7-4-2-1-3-5-7/h3-7H,8,11H2,1-2H3;1-5,8H,6,10H2,(H,11,12). The van der Waals surface area contributed by atoms with Crippen LogP contribution in [0.4, 0.5) is 0 Å². The van der Waals surface area contributed by atoms with Gasteiger partial charge in [-0.2, -0.15) is 0 Å².